The van der Waals surface area contributed by atoms with E-state index in [2.05, 4.69) is 16.2 Å². The maximum Gasteiger partial charge on any atom is 0.335 e. The van der Waals surface area contributed by atoms with Crippen molar-refractivity contribution in [1.82, 2.24) is 5.43 Å². The van der Waals surface area contributed by atoms with E-state index in [9.17, 15) is 4.79 Å². The maximum atomic E-state index is 10.8. The third kappa shape index (κ3) is 3.95. The number of hydrazine groups is 1. The number of benzene rings is 2. The number of carboxylic acids is 1. The summed E-state index contributed by atoms with van der Waals surface area (Å²) in [5.41, 5.74) is 9.94. The van der Waals surface area contributed by atoms with Crippen LogP contribution in [0, 0.1) is 13.8 Å². The van der Waals surface area contributed by atoms with Gasteiger partial charge in [0.2, 0.25) is 0 Å². The van der Waals surface area contributed by atoms with Crippen LogP contribution in [0.3, 0.4) is 0 Å². The summed E-state index contributed by atoms with van der Waals surface area (Å²) < 4.78 is 0. The summed E-state index contributed by atoms with van der Waals surface area (Å²) in [7, 11) is 0. The Hall–Kier alpha value is -2.60. The summed E-state index contributed by atoms with van der Waals surface area (Å²) in [4.78, 5) is 10.8. The van der Waals surface area contributed by atoms with Gasteiger partial charge < -0.3 is 10.4 Å². The molecule has 0 unspecified atom stereocenters. The van der Waals surface area contributed by atoms with Gasteiger partial charge in [0.1, 0.15) is 0 Å². The monoisotopic (exact) mass is 315 g/mol. The fourth-order valence-corrected chi connectivity index (χ4v) is 2.13. The Morgan fingerprint density at radius 2 is 1.64 bits per heavy atom. The van der Waals surface area contributed by atoms with E-state index in [1.165, 1.54) is 12.1 Å². The van der Waals surface area contributed by atoms with Crippen LogP contribution in [-0.2, 0) is 0 Å². The van der Waals surface area contributed by atoms with Gasteiger partial charge in [-0.3, -0.25) is 10.9 Å². The minimum absolute atomic E-state index is 0.238. The summed E-state index contributed by atoms with van der Waals surface area (Å²) in [6.45, 7) is 4.02. The number of nitrogens with one attached hydrogen (secondary N) is 3. The van der Waals surface area contributed by atoms with Crippen LogP contribution in [0.5, 0.6) is 0 Å². The van der Waals surface area contributed by atoms with Crippen LogP contribution in [0.25, 0.3) is 0 Å². The van der Waals surface area contributed by atoms with Crippen LogP contribution in [0.15, 0.2) is 42.5 Å². The quantitative estimate of drug-likeness (QED) is 0.512. The topological polar surface area (TPSA) is 73.4 Å². The smallest absolute Gasteiger partial charge is 0.335 e. The molecule has 2 aromatic rings. The van der Waals surface area contributed by atoms with Crippen LogP contribution < -0.4 is 16.2 Å². The van der Waals surface area contributed by atoms with Gasteiger partial charge in [0, 0.05) is 5.69 Å². The van der Waals surface area contributed by atoms with Gasteiger partial charge >= 0.3 is 5.97 Å². The van der Waals surface area contributed by atoms with Crippen molar-refractivity contribution in [1.29, 1.82) is 0 Å². The second-order valence-corrected chi connectivity index (χ2v) is 5.26. The number of carboxylic acid groups (broad SMARTS) is 1. The summed E-state index contributed by atoms with van der Waals surface area (Å²) >= 11 is 5.24. The lowest BCUT2D eigenvalue weighted by molar-refractivity contribution is 0.0697. The van der Waals surface area contributed by atoms with Crippen molar-refractivity contribution in [3.63, 3.8) is 0 Å². The van der Waals surface area contributed by atoms with E-state index in [1.807, 2.05) is 32.0 Å². The summed E-state index contributed by atoms with van der Waals surface area (Å²) in [5, 5.41) is 12.4. The first-order chi connectivity index (χ1) is 10.5. The van der Waals surface area contributed by atoms with Gasteiger partial charge in [-0.25, -0.2) is 4.79 Å². The van der Waals surface area contributed by atoms with E-state index >= 15 is 0 Å². The van der Waals surface area contributed by atoms with Crippen molar-refractivity contribution in [2.75, 3.05) is 10.7 Å². The van der Waals surface area contributed by atoms with Gasteiger partial charge in [-0.1, -0.05) is 18.2 Å². The van der Waals surface area contributed by atoms with E-state index in [1.54, 1.807) is 12.1 Å². The summed E-state index contributed by atoms with van der Waals surface area (Å²) in [5.74, 6) is -0.952. The van der Waals surface area contributed by atoms with Gasteiger partial charge in [0.25, 0.3) is 0 Å². The molecule has 0 heterocycles. The lowest BCUT2D eigenvalue weighted by Gasteiger charge is -2.15. The van der Waals surface area contributed by atoms with Crippen molar-refractivity contribution in [2.24, 2.45) is 0 Å². The predicted octanol–water partition coefficient (Wildman–Crippen LogP) is 3.32. The van der Waals surface area contributed by atoms with Gasteiger partial charge in [0.05, 0.1) is 11.3 Å². The molecule has 4 N–H and O–H groups in total. The van der Waals surface area contributed by atoms with Crippen LogP contribution in [0.2, 0.25) is 0 Å². The molecular weight excluding hydrogens is 298 g/mol. The van der Waals surface area contributed by atoms with Gasteiger partial charge in [-0.2, -0.15) is 0 Å². The zero-order chi connectivity index (χ0) is 16.1. The second kappa shape index (κ2) is 6.91. The number of hydrogen-bond acceptors (Lipinski definition) is 3. The maximum absolute atomic E-state index is 10.8. The van der Waals surface area contributed by atoms with E-state index < -0.39 is 5.97 Å². The molecule has 0 bridgehead atoms. The lowest BCUT2D eigenvalue weighted by atomic mass is 10.1. The third-order valence-corrected chi connectivity index (χ3v) is 3.38. The van der Waals surface area contributed by atoms with E-state index in [0.29, 0.717) is 5.11 Å². The van der Waals surface area contributed by atoms with Crippen molar-refractivity contribution >= 4 is 34.7 Å². The predicted molar refractivity (Wildman–Crippen MR) is 92.3 cm³/mol. The molecule has 0 fully saturated rings. The molecule has 0 atom stereocenters. The Morgan fingerprint density at radius 1 is 1.05 bits per heavy atom. The second-order valence-electron chi connectivity index (χ2n) is 4.85. The molecule has 0 saturated heterocycles. The number of thiocarbonyl (C=S) groups is 1. The number of aromatic carboxylic acids is 1. The first-order valence-electron chi connectivity index (χ1n) is 6.70. The summed E-state index contributed by atoms with van der Waals surface area (Å²) in [6, 6.07) is 12.4. The average Bonchev–Trinajstić information content (AvgIpc) is 2.49. The van der Waals surface area contributed by atoms with E-state index in [4.69, 9.17) is 17.3 Å². The van der Waals surface area contributed by atoms with Crippen LogP contribution >= 0.6 is 12.2 Å². The Kier molecular flexibility index (Phi) is 4.95. The molecule has 114 valence electrons. The first kappa shape index (κ1) is 15.8. The van der Waals surface area contributed by atoms with Crippen LogP contribution in [0.4, 0.5) is 11.4 Å². The SMILES string of the molecule is Cc1cccc(C)c1NC(=S)NNc1ccc(C(=O)O)cc1. The Labute approximate surface area is 134 Å². The normalized spacial score (nSPS) is 9.91. The molecule has 0 aromatic heterocycles. The molecule has 0 spiro atoms. The number of anilines is 2. The number of carbonyl (C=O) groups is 1. The molecule has 0 amide bonds. The standard InChI is InChI=1S/C16H17N3O2S/c1-10-4-3-5-11(2)14(10)17-16(22)19-18-13-8-6-12(7-9-13)15(20)21/h3-9,18H,1-2H3,(H,20,21)(H2,17,19,22). The van der Waals surface area contributed by atoms with Crippen molar-refractivity contribution in [2.45, 2.75) is 13.8 Å². The lowest BCUT2D eigenvalue weighted by Crippen LogP contribution is -2.33. The summed E-state index contributed by atoms with van der Waals surface area (Å²) in [6.07, 6.45) is 0. The highest BCUT2D eigenvalue weighted by Crippen LogP contribution is 2.19. The van der Waals surface area contributed by atoms with Gasteiger partial charge in [0.15, 0.2) is 5.11 Å². The van der Waals surface area contributed by atoms with E-state index in [0.717, 1.165) is 22.5 Å². The Bertz CT molecular complexity index is 679. The van der Waals surface area contributed by atoms with Crippen molar-refractivity contribution in [3.8, 4) is 0 Å². The van der Waals surface area contributed by atoms with E-state index in [-0.39, 0.29) is 5.56 Å². The first-order valence-corrected chi connectivity index (χ1v) is 7.11. The fraction of sp³-hybridized carbons (Fsp3) is 0.125. The van der Waals surface area contributed by atoms with Crippen molar-refractivity contribution in [3.05, 3.63) is 59.2 Å². The molecule has 0 aliphatic carbocycles. The molecule has 0 radical (unpaired) electrons. The Balaban J connectivity index is 1.94. The zero-order valence-electron chi connectivity index (χ0n) is 12.3. The molecule has 6 heteroatoms. The molecular formula is C16H17N3O2S. The molecule has 2 aromatic carbocycles. The average molecular weight is 315 g/mol. The number of para-hydroxylation sites is 1. The van der Waals surface area contributed by atoms with Gasteiger partial charge in [-0.15, -0.1) is 0 Å². The highest BCUT2D eigenvalue weighted by molar-refractivity contribution is 7.80. The minimum atomic E-state index is -0.952. The highest BCUT2D eigenvalue weighted by atomic mass is 32.1. The highest BCUT2D eigenvalue weighted by Gasteiger charge is 2.05. The fourth-order valence-electron chi connectivity index (χ4n) is 1.98. The Morgan fingerprint density at radius 3 is 2.18 bits per heavy atom. The largest absolute Gasteiger partial charge is 0.478 e. The zero-order valence-corrected chi connectivity index (χ0v) is 13.1. The number of aryl methyl sites for hydroxylation is 2. The molecule has 5 nitrogen and oxygen atoms in total. The van der Waals surface area contributed by atoms with Crippen LogP contribution in [-0.4, -0.2) is 16.2 Å². The van der Waals surface area contributed by atoms with Crippen LogP contribution in [0.1, 0.15) is 21.5 Å². The van der Waals surface area contributed by atoms with Gasteiger partial charge in [-0.05, 0) is 61.5 Å². The number of hydrogen-bond donors (Lipinski definition) is 4. The van der Waals surface area contributed by atoms with Crippen molar-refractivity contribution < 1.29 is 9.90 Å². The third-order valence-electron chi connectivity index (χ3n) is 3.17. The number of rotatable bonds is 4. The molecule has 0 aliphatic rings. The molecule has 0 saturated carbocycles. The molecule has 22 heavy (non-hydrogen) atoms. The minimum Gasteiger partial charge on any atom is -0.478 e. The molecule has 2 rings (SSSR count). The molecule has 0 aliphatic heterocycles.